The Hall–Kier alpha value is -3.32. The van der Waals surface area contributed by atoms with Crippen LogP contribution in [-0.4, -0.2) is 0 Å². The van der Waals surface area contributed by atoms with E-state index >= 15 is 0 Å². The molecule has 0 radical (unpaired) electrons. The van der Waals surface area contributed by atoms with Gasteiger partial charge in [-0.25, -0.2) is 0 Å². The van der Waals surface area contributed by atoms with E-state index in [0.717, 1.165) is 5.70 Å². The van der Waals surface area contributed by atoms with Crippen LogP contribution >= 0.6 is 0 Å². The molecule has 1 heterocycles. The van der Waals surface area contributed by atoms with Gasteiger partial charge in [0.05, 0.1) is 5.70 Å². The van der Waals surface area contributed by atoms with E-state index in [1.165, 1.54) is 27.8 Å². The molecule has 25 heavy (non-hydrogen) atoms. The lowest BCUT2D eigenvalue weighted by molar-refractivity contribution is 1.22. The number of rotatable bonds is 3. The highest BCUT2D eigenvalue weighted by Crippen LogP contribution is 2.37. The fourth-order valence-electron chi connectivity index (χ4n) is 3.16. The summed E-state index contributed by atoms with van der Waals surface area (Å²) in [6.07, 6.45) is 6.25. The molecule has 1 aliphatic heterocycles. The van der Waals surface area contributed by atoms with Crippen LogP contribution in [-0.2, 0) is 0 Å². The van der Waals surface area contributed by atoms with E-state index in [1.807, 2.05) is 12.3 Å². The van der Waals surface area contributed by atoms with Gasteiger partial charge in [0.15, 0.2) is 0 Å². The van der Waals surface area contributed by atoms with Crippen molar-refractivity contribution in [3.63, 3.8) is 0 Å². The first kappa shape index (κ1) is 15.2. The fourth-order valence-corrected chi connectivity index (χ4v) is 3.16. The number of benzene rings is 3. The lowest BCUT2D eigenvalue weighted by Gasteiger charge is -2.18. The van der Waals surface area contributed by atoms with Crippen LogP contribution < -0.4 is 5.32 Å². The molecule has 120 valence electrons. The molecule has 0 unspecified atom stereocenters. The molecule has 0 fully saturated rings. The van der Waals surface area contributed by atoms with E-state index in [9.17, 15) is 0 Å². The molecule has 0 aromatic heterocycles. The molecule has 4 rings (SSSR count). The minimum atomic E-state index is 1.12. The second kappa shape index (κ2) is 7.06. The molecular formula is C24H19N. The summed E-state index contributed by atoms with van der Waals surface area (Å²) in [6, 6.07) is 31.6. The zero-order valence-electron chi connectivity index (χ0n) is 13.9. The van der Waals surface area contributed by atoms with E-state index in [1.54, 1.807) is 0 Å². The Kier molecular flexibility index (Phi) is 4.30. The van der Waals surface area contributed by atoms with Gasteiger partial charge in [-0.05, 0) is 28.3 Å². The summed E-state index contributed by atoms with van der Waals surface area (Å²) in [5.41, 5.74) is 7.14. The van der Waals surface area contributed by atoms with Gasteiger partial charge in [0.2, 0.25) is 0 Å². The smallest absolute Gasteiger partial charge is 0.0539 e. The summed E-state index contributed by atoms with van der Waals surface area (Å²) < 4.78 is 0. The Morgan fingerprint density at radius 1 is 0.520 bits per heavy atom. The van der Waals surface area contributed by atoms with Gasteiger partial charge in [0.1, 0.15) is 0 Å². The number of allylic oxidation sites excluding steroid dienone is 4. The highest BCUT2D eigenvalue weighted by molar-refractivity contribution is 6.15. The molecular weight excluding hydrogens is 302 g/mol. The van der Waals surface area contributed by atoms with Crippen molar-refractivity contribution in [3.05, 3.63) is 126 Å². The minimum absolute atomic E-state index is 1.12. The quantitative estimate of drug-likeness (QED) is 0.647. The van der Waals surface area contributed by atoms with Crippen molar-refractivity contribution >= 4 is 16.8 Å². The van der Waals surface area contributed by atoms with Gasteiger partial charge in [-0.3, -0.25) is 0 Å². The minimum Gasteiger partial charge on any atom is -0.361 e. The maximum absolute atomic E-state index is 3.49. The third-order valence-electron chi connectivity index (χ3n) is 4.32. The van der Waals surface area contributed by atoms with Crippen LogP contribution in [0.25, 0.3) is 16.8 Å². The summed E-state index contributed by atoms with van der Waals surface area (Å²) in [5.74, 6) is 0. The van der Waals surface area contributed by atoms with Crippen LogP contribution in [0.1, 0.15) is 16.7 Å². The van der Waals surface area contributed by atoms with Crippen LogP contribution in [0.3, 0.4) is 0 Å². The van der Waals surface area contributed by atoms with E-state index in [2.05, 4.69) is 102 Å². The standard InChI is InChI=1S/C24H19N/c1-4-11-19(12-5-1)22-17-10-18-25-24(21-15-8-3-9-16-21)23(22)20-13-6-2-7-14-20/h1-18,25H. The van der Waals surface area contributed by atoms with E-state index in [0.29, 0.717) is 0 Å². The average molecular weight is 321 g/mol. The maximum Gasteiger partial charge on any atom is 0.0539 e. The van der Waals surface area contributed by atoms with Gasteiger partial charge in [0.25, 0.3) is 0 Å². The Labute approximate surface area is 148 Å². The molecule has 0 atom stereocenters. The molecule has 1 N–H and O–H groups in total. The summed E-state index contributed by atoms with van der Waals surface area (Å²) in [5, 5.41) is 3.49. The molecule has 1 nitrogen and oxygen atoms in total. The second-order valence-electron chi connectivity index (χ2n) is 5.93. The van der Waals surface area contributed by atoms with E-state index in [4.69, 9.17) is 0 Å². The van der Waals surface area contributed by atoms with Crippen LogP contribution in [0.15, 0.2) is 109 Å². The van der Waals surface area contributed by atoms with Crippen molar-refractivity contribution in [2.75, 3.05) is 0 Å². The van der Waals surface area contributed by atoms with Gasteiger partial charge >= 0.3 is 0 Å². The summed E-state index contributed by atoms with van der Waals surface area (Å²) >= 11 is 0. The van der Waals surface area contributed by atoms with E-state index < -0.39 is 0 Å². The second-order valence-corrected chi connectivity index (χ2v) is 5.93. The highest BCUT2D eigenvalue weighted by atomic mass is 14.9. The monoisotopic (exact) mass is 321 g/mol. The third-order valence-corrected chi connectivity index (χ3v) is 4.32. The van der Waals surface area contributed by atoms with Gasteiger partial charge in [0, 0.05) is 11.8 Å². The number of nitrogens with one attached hydrogen (secondary N) is 1. The van der Waals surface area contributed by atoms with Crippen molar-refractivity contribution in [2.24, 2.45) is 0 Å². The van der Waals surface area contributed by atoms with E-state index in [-0.39, 0.29) is 0 Å². The van der Waals surface area contributed by atoms with Gasteiger partial charge < -0.3 is 5.32 Å². The molecule has 0 bridgehead atoms. The van der Waals surface area contributed by atoms with Gasteiger partial charge in [-0.2, -0.15) is 0 Å². The number of hydrogen-bond acceptors (Lipinski definition) is 1. The van der Waals surface area contributed by atoms with Crippen molar-refractivity contribution < 1.29 is 0 Å². The Balaban J connectivity index is 1.99. The first-order valence-corrected chi connectivity index (χ1v) is 8.48. The lowest BCUT2D eigenvalue weighted by atomic mass is 9.89. The normalized spacial score (nSPS) is 13.8. The summed E-state index contributed by atoms with van der Waals surface area (Å²) in [6.45, 7) is 0. The van der Waals surface area contributed by atoms with Crippen LogP contribution in [0.2, 0.25) is 0 Å². The molecule has 0 saturated heterocycles. The van der Waals surface area contributed by atoms with Crippen molar-refractivity contribution in [3.8, 4) is 0 Å². The lowest BCUT2D eigenvalue weighted by Crippen LogP contribution is -2.07. The Morgan fingerprint density at radius 2 is 1.04 bits per heavy atom. The zero-order valence-corrected chi connectivity index (χ0v) is 13.9. The average Bonchev–Trinajstić information content (AvgIpc) is 2.93. The first-order chi connectivity index (χ1) is 12.4. The number of hydrogen-bond donors (Lipinski definition) is 1. The molecule has 0 amide bonds. The SMILES string of the molecule is C1=CNC(c2ccccc2)=C(c2ccccc2)C(c2ccccc2)=C1. The summed E-state index contributed by atoms with van der Waals surface area (Å²) in [4.78, 5) is 0. The predicted octanol–water partition coefficient (Wildman–Crippen LogP) is 5.76. The third kappa shape index (κ3) is 3.17. The van der Waals surface area contributed by atoms with Gasteiger partial charge in [-0.1, -0.05) is 97.1 Å². The van der Waals surface area contributed by atoms with Crippen LogP contribution in [0, 0.1) is 0 Å². The van der Waals surface area contributed by atoms with Crippen molar-refractivity contribution in [1.29, 1.82) is 0 Å². The van der Waals surface area contributed by atoms with Crippen molar-refractivity contribution in [2.45, 2.75) is 0 Å². The van der Waals surface area contributed by atoms with Crippen molar-refractivity contribution in [1.82, 2.24) is 5.32 Å². The zero-order chi connectivity index (χ0) is 16.9. The first-order valence-electron chi connectivity index (χ1n) is 8.48. The molecule has 3 aromatic rings. The van der Waals surface area contributed by atoms with Gasteiger partial charge in [-0.15, -0.1) is 0 Å². The molecule has 3 aromatic carbocycles. The summed E-state index contributed by atoms with van der Waals surface area (Å²) in [7, 11) is 0. The molecule has 0 aliphatic carbocycles. The predicted molar refractivity (Wildman–Crippen MR) is 106 cm³/mol. The topological polar surface area (TPSA) is 12.0 Å². The maximum atomic E-state index is 3.49. The molecule has 0 spiro atoms. The van der Waals surface area contributed by atoms with Crippen LogP contribution in [0.5, 0.6) is 0 Å². The Morgan fingerprint density at radius 3 is 1.64 bits per heavy atom. The molecule has 1 aliphatic rings. The fraction of sp³-hybridized carbons (Fsp3) is 0. The van der Waals surface area contributed by atoms with Crippen LogP contribution in [0.4, 0.5) is 0 Å². The molecule has 0 saturated carbocycles. The molecule has 1 heteroatoms. The highest BCUT2D eigenvalue weighted by Gasteiger charge is 2.17. The largest absolute Gasteiger partial charge is 0.361 e. The Bertz CT molecular complexity index is 933.